The molecule has 2 saturated heterocycles. The number of carbonyl (C=O) groups is 2. The Bertz CT molecular complexity index is 945. The first-order chi connectivity index (χ1) is 13.6. The van der Waals surface area contributed by atoms with Crippen LogP contribution in [0.2, 0.25) is 0 Å². The van der Waals surface area contributed by atoms with Crippen LogP contribution in [-0.4, -0.2) is 67.8 Å². The van der Waals surface area contributed by atoms with Gasteiger partial charge in [0.05, 0.1) is 5.69 Å². The average Bonchev–Trinajstić information content (AvgIpc) is 3.15. The number of aliphatic imine (C=N–C) groups is 1. The van der Waals surface area contributed by atoms with Gasteiger partial charge >= 0.3 is 35.5 Å². The zero-order valence-electron chi connectivity index (χ0n) is 17.1. The molecule has 0 spiro atoms. The molecule has 2 aliphatic heterocycles. The molecule has 0 unspecified atom stereocenters. The Morgan fingerprint density at radius 1 is 1.50 bits per heavy atom. The molecule has 0 bridgehead atoms. The number of β-lactam (4-membered cyclic amide) rings is 1. The first kappa shape index (κ1) is 24.7. The van der Waals surface area contributed by atoms with Crippen LogP contribution >= 0.6 is 23.1 Å². The van der Waals surface area contributed by atoms with Gasteiger partial charge in [0, 0.05) is 16.0 Å². The first-order valence-corrected chi connectivity index (χ1v) is 10.3. The van der Waals surface area contributed by atoms with Crippen LogP contribution in [0.25, 0.3) is 6.08 Å². The van der Waals surface area contributed by atoms with Crippen LogP contribution in [0.4, 0.5) is 5.13 Å². The molecule has 3 rings (SSSR count). The number of anilines is 1. The predicted octanol–water partition coefficient (Wildman–Crippen LogP) is -2.59. The fraction of sp³-hybridized carbons (Fsp3) is 0.471. The van der Waals surface area contributed by atoms with Crippen LogP contribution in [0.1, 0.15) is 26.5 Å². The molecule has 0 aliphatic carbocycles. The minimum Gasteiger partial charge on any atom is -0.857 e. The number of hydrogen-bond donors (Lipinski definition) is 2. The van der Waals surface area contributed by atoms with Crippen LogP contribution in [-0.2, 0) is 14.4 Å². The van der Waals surface area contributed by atoms with Crippen molar-refractivity contribution in [2.75, 3.05) is 12.8 Å². The number of nitrogens with zero attached hydrogens (tertiary/aromatic N) is 4. The number of fused-ring (bicyclic) bond motifs is 1. The van der Waals surface area contributed by atoms with Crippen molar-refractivity contribution >= 4 is 57.8 Å². The largest absolute Gasteiger partial charge is 1.00 e. The van der Waals surface area contributed by atoms with Crippen molar-refractivity contribution in [1.82, 2.24) is 9.88 Å². The van der Waals surface area contributed by atoms with Crippen LogP contribution in [0.5, 0.6) is 0 Å². The molecule has 30 heavy (non-hydrogen) atoms. The number of carboxylic acids is 1. The standard InChI is InChI=1S/C17H21N5O5S2.Na/c1-7(5-8-6-28-16(18)19-8)9(21-27-4)12(23)20-10-13(24)22-11(15(25)26)17(2,3)29-14(10)22;/h5-6,10-11,14H,1-4H3,(H2,18,19)(H,20,23)(H,25,26);/q;+1/p-1/b7-5+,21-9-;/t10-,11+,14-;/m1./s1. The van der Waals surface area contributed by atoms with Crippen molar-refractivity contribution in [3.05, 3.63) is 16.6 Å². The summed E-state index contributed by atoms with van der Waals surface area (Å²) in [5.74, 6) is -2.29. The van der Waals surface area contributed by atoms with Crippen LogP contribution in [0.15, 0.2) is 21.1 Å². The Balaban J connectivity index is 0.00000320. The minimum atomic E-state index is -1.08. The molecule has 0 aromatic carbocycles. The van der Waals surface area contributed by atoms with Crippen molar-refractivity contribution in [2.45, 2.75) is 43.0 Å². The molecule has 13 heteroatoms. The van der Waals surface area contributed by atoms with Crippen molar-refractivity contribution < 1.29 is 54.2 Å². The van der Waals surface area contributed by atoms with Crippen molar-refractivity contribution in [3.63, 3.8) is 0 Å². The second kappa shape index (κ2) is 9.27. The third kappa shape index (κ3) is 4.52. The van der Waals surface area contributed by atoms with Crippen LogP contribution < -0.4 is 40.4 Å². The van der Waals surface area contributed by atoms with Gasteiger partial charge < -0.3 is 25.7 Å². The summed E-state index contributed by atoms with van der Waals surface area (Å²) in [6.07, 6.45) is 1.61. The van der Waals surface area contributed by atoms with Gasteiger partial charge in [-0.15, -0.1) is 23.1 Å². The Hall–Kier alpha value is -1.60. The van der Waals surface area contributed by atoms with E-state index in [1.54, 1.807) is 32.2 Å². The Kier molecular flexibility index (Phi) is 7.62. The number of nitrogens with two attached hydrogens (primary N) is 1. The summed E-state index contributed by atoms with van der Waals surface area (Å²) in [6.45, 7) is 5.15. The minimum absolute atomic E-state index is 0. The van der Waals surface area contributed by atoms with E-state index in [9.17, 15) is 19.8 Å². The summed E-state index contributed by atoms with van der Waals surface area (Å²) in [5, 5.41) is 27.5. The number of hydrogen-bond acceptors (Lipinski definition) is 10. The number of thioether (sulfide) groups is 1. The van der Waals surface area contributed by atoms with E-state index < -0.39 is 40.0 Å². The van der Waals surface area contributed by atoms with Crippen LogP contribution in [0, 0.1) is 0 Å². The van der Waals surface area contributed by atoms with E-state index in [-0.39, 0.29) is 35.3 Å². The number of thiazole rings is 1. The van der Waals surface area contributed by atoms with Gasteiger partial charge in [-0.3, -0.25) is 9.79 Å². The van der Waals surface area contributed by atoms with E-state index in [1.165, 1.54) is 35.1 Å². The quantitative estimate of drug-likeness (QED) is 0.154. The summed E-state index contributed by atoms with van der Waals surface area (Å²) in [5.41, 5.74) is 6.55. The maximum atomic E-state index is 12.7. The Morgan fingerprint density at radius 2 is 2.17 bits per heavy atom. The topological polar surface area (TPSA) is 154 Å². The van der Waals surface area contributed by atoms with Crippen LogP contribution in [0.3, 0.4) is 0 Å². The van der Waals surface area contributed by atoms with E-state index in [2.05, 4.69) is 15.1 Å². The molecular weight excluding hydrogens is 441 g/mol. The number of rotatable bonds is 6. The second-order valence-electron chi connectivity index (χ2n) is 7.04. The molecule has 1 aromatic heterocycles. The summed E-state index contributed by atoms with van der Waals surface area (Å²) in [4.78, 5) is 38.3. The van der Waals surface area contributed by atoms with Gasteiger partial charge in [-0.05, 0) is 32.4 Å². The fourth-order valence-electron chi connectivity index (χ4n) is 3.33. The number of aliphatic carboxylic acids is 1. The molecule has 3 N–H and O–H groups in total. The molecule has 1 aromatic rings. The third-order valence-electron chi connectivity index (χ3n) is 4.57. The summed E-state index contributed by atoms with van der Waals surface area (Å²) >= 11 is 2.57. The van der Waals surface area contributed by atoms with Gasteiger partial charge in [-0.2, -0.15) is 0 Å². The number of nitrogen functional groups attached to an aromatic ring is 1. The Morgan fingerprint density at radius 3 is 2.70 bits per heavy atom. The van der Waals surface area contributed by atoms with E-state index >= 15 is 0 Å². The summed E-state index contributed by atoms with van der Waals surface area (Å²) in [6, 6.07) is -1.92. The molecular formula is C17H20N5NaO5S2. The second-order valence-corrected chi connectivity index (χ2v) is 9.70. The maximum absolute atomic E-state index is 12.7. The van der Waals surface area contributed by atoms with Gasteiger partial charge in [0.25, 0.3) is 5.91 Å². The average molecular weight is 462 g/mol. The Labute approximate surface area is 203 Å². The molecule has 10 nitrogen and oxygen atoms in total. The predicted molar refractivity (Wildman–Crippen MR) is 110 cm³/mol. The molecule has 156 valence electrons. The van der Waals surface area contributed by atoms with Gasteiger partial charge in [0.15, 0.2) is 11.2 Å². The maximum Gasteiger partial charge on any atom is 1.00 e. The van der Waals surface area contributed by atoms with Gasteiger partial charge in [-0.1, -0.05) is 5.16 Å². The first-order valence-electron chi connectivity index (χ1n) is 8.55. The number of aromatic nitrogens is 1. The molecule has 0 saturated carbocycles. The van der Waals surface area contributed by atoms with Gasteiger partial charge in [0.1, 0.15) is 24.2 Å². The van der Waals surface area contributed by atoms with Gasteiger partial charge in [0.2, 0.25) is 0 Å². The van der Waals surface area contributed by atoms with E-state index in [0.29, 0.717) is 16.4 Å². The summed E-state index contributed by atoms with van der Waals surface area (Å²) in [7, 11) is 1.30. The van der Waals surface area contributed by atoms with Gasteiger partial charge in [-0.25, -0.2) is 9.78 Å². The van der Waals surface area contributed by atoms with Crippen molar-refractivity contribution in [1.29, 1.82) is 0 Å². The fourth-order valence-corrected chi connectivity index (χ4v) is 5.46. The van der Waals surface area contributed by atoms with Crippen molar-refractivity contribution in [3.8, 4) is 0 Å². The number of oxime groups is 1. The molecule has 2 aliphatic rings. The molecule has 0 radical (unpaired) electrons. The smallest absolute Gasteiger partial charge is 0.857 e. The third-order valence-corrected chi connectivity index (χ3v) is 6.82. The van der Waals surface area contributed by atoms with E-state index in [0.717, 1.165) is 0 Å². The van der Waals surface area contributed by atoms with E-state index in [4.69, 9.17) is 10.6 Å². The molecule has 1 amide bonds. The molecule has 3 heterocycles. The zero-order valence-corrected chi connectivity index (χ0v) is 20.8. The number of amides is 1. The SMILES string of the molecule is CO/N=C(C([O-])=N[C@@H]1C(=O)N2[C@@H]1SC(C)(C)[C@@H]2C(=O)O)/C(C)=C/c1csc(N)n1.[Na+]. The summed E-state index contributed by atoms with van der Waals surface area (Å²) < 4.78 is -0.691. The number of carboxylic acid groups (broad SMARTS) is 1. The molecule has 2 fully saturated rings. The van der Waals surface area contributed by atoms with E-state index in [1.807, 2.05) is 0 Å². The van der Waals surface area contributed by atoms with Crippen molar-refractivity contribution in [2.24, 2.45) is 10.1 Å². The number of carbonyl (C=O) groups excluding carboxylic acids is 1. The monoisotopic (exact) mass is 461 g/mol. The zero-order chi connectivity index (χ0) is 21.5. The normalized spacial score (nSPS) is 26.0. The molecule has 3 atom stereocenters.